The molecule has 0 aromatic carbocycles. The Morgan fingerprint density at radius 2 is 1.92 bits per heavy atom. The number of rotatable bonds is 3. The molecule has 1 saturated carbocycles. The molecule has 1 aromatic heterocycles. The maximum absolute atomic E-state index is 13.0. The molecule has 1 aliphatic carbocycles. The molecule has 8 nitrogen and oxygen atoms in total. The first-order chi connectivity index (χ1) is 11.6. The number of amides is 3. The van der Waals surface area contributed by atoms with Crippen LogP contribution in [0.5, 0.6) is 0 Å². The highest BCUT2D eigenvalue weighted by Gasteiger charge is 2.39. The molecule has 3 amide bonds. The molecular weight excluding hydrogens is 310 g/mol. The quantitative estimate of drug-likeness (QED) is 0.900. The molecule has 4 rings (SSSR count). The molecule has 2 atom stereocenters. The van der Waals surface area contributed by atoms with E-state index in [1.165, 1.54) is 0 Å². The third-order valence-electron chi connectivity index (χ3n) is 5.30. The van der Waals surface area contributed by atoms with Gasteiger partial charge in [-0.1, -0.05) is 5.16 Å². The largest absolute Gasteiger partial charge is 0.351 e. The molecule has 1 aromatic rings. The predicted molar refractivity (Wildman–Crippen MR) is 83.8 cm³/mol. The molecular formula is C16H23N5O3. The molecule has 24 heavy (non-hydrogen) atoms. The van der Waals surface area contributed by atoms with Crippen molar-refractivity contribution in [3.05, 3.63) is 11.7 Å². The Morgan fingerprint density at radius 1 is 1.12 bits per heavy atom. The Morgan fingerprint density at radius 3 is 2.67 bits per heavy atom. The predicted octanol–water partition coefficient (Wildman–Crippen LogP) is 1.40. The third-order valence-corrected chi connectivity index (χ3v) is 5.30. The highest BCUT2D eigenvalue weighted by atomic mass is 16.5. The van der Waals surface area contributed by atoms with Crippen molar-refractivity contribution in [1.29, 1.82) is 0 Å². The van der Waals surface area contributed by atoms with Gasteiger partial charge in [-0.25, -0.2) is 4.79 Å². The number of nitrogens with zero attached hydrogens (tertiary/aromatic N) is 4. The lowest BCUT2D eigenvalue weighted by Gasteiger charge is -2.34. The summed E-state index contributed by atoms with van der Waals surface area (Å²) in [7, 11) is 0. The van der Waals surface area contributed by atoms with Crippen molar-refractivity contribution in [2.75, 3.05) is 19.6 Å². The minimum Gasteiger partial charge on any atom is -0.351 e. The van der Waals surface area contributed by atoms with Crippen molar-refractivity contribution in [3.8, 4) is 0 Å². The maximum Gasteiger partial charge on any atom is 0.314 e. The summed E-state index contributed by atoms with van der Waals surface area (Å²) >= 11 is 0. The number of carbonyl (C=O) groups is 2. The Kier molecular flexibility index (Phi) is 3.90. The van der Waals surface area contributed by atoms with Gasteiger partial charge < -0.3 is 20.1 Å². The zero-order valence-electron chi connectivity index (χ0n) is 13.7. The molecule has 8 heteroatoms. The van der Waals surface area contributed by atoms with E-state index in [4.69, 9.17) is 10.3 Å². The highest BCUT2D eigenvalue weighted by Crippen LogP contribution is 2.40. The lowest BCUT2D eigenvalue weighted by atomic mass is 9.96. The van der Waals surface area contributed by atoms with Crippen LogP contribution in [-0.4, -0.2) is 51.5 Å². The van der Waals surface area contributed by atoms with Crippen LogP contribution in [0, 0.1) is 5.92 Å². The highest BCUT2D eigenvalue weighted by molar-refractivity contribution is 5.81. The zero-order valence-corrected chi connectivity index (χ0v) is 13.7. The van der Waals surface area contributed by atoms with Crippen LogP contribution in [0.2, 0.25) is 0 Å². The monoisotopic (exact) mass is 333 g/mol. The van der Waals surface area contributed by atoms with E-state index in [2.05, 4.69) is 10.1 Å². The Hall–Kier alpha value is -2.12. The van der Waals surface area contributed by atoms with Gasteiger partial charge in [0, 0.05) is 25.6 Å². The second-order valence-electron chi connectivity index (χ2n) is 7.08. The lowest BCUT2D eigenvalue weighted by Crippen LogP contribution is -2.48. The van der Waals surface area contributed by atoms with Crippen LogP contribution < -0.4 is 5.73 Å². The molecule has 3 fully saturated rings. The topological polar surface area (TPSA) is 106 Å². The third kappa shape index (κ3) is 2.85. The standard InChI is InChI=1S/C16H23N5O3/c17-16(23)20-7-1-3-11(9-20)15(22)21-8-2-4-12(21)13-18-14(24-19-13)10-5-6-10/h10-12H,1-9H2,(H2,17,23)/t11-,12+/m0/s1. The van der Waals surface area contributed by atoms with Crippen molar-refractivity contribution < 1.29 is 14.1 Å². The van der Waals surface area contributed by atoms with E-state index in [-0.39, 0.29) is 17.9 Å². The minimum atomic E-state index is -0.447. The fourth-order valence-corrected chi connectivity index (χ4v) is 3.79. The summed E-state index contributed by atoms with van der Waals surface area (Å²) in [6.45, 7) is 1.76. The molecule has 0 spiro atoms. The zero-order chi connectivity index (χ0) is 16.7. The number of urea groups is 1. The molecule has 0 radical (unpaired) electrons. The maximum atomic E-state index is 13.0. The first-order valence-corrected chi connectivity index (χ1v) is 8.82. The number of hydrogen-bond donors (Lipinski definition) is 1. The Balaban J connectivity index is 1.47. The normalized spacial score (nSPS) is 27.5. The number of nitrogens with two attached hydrogens (primary N) is 1. The second kappa shape index (κ2) is 6.07. The van der Waals surface area contributed by atoms with Gasteiger partial charge in [0.2, 0.25) is 11.8 Å². The van der Waals surface area contributed by atoms with Crippen LogP contribution in [0.3, 0.4) is 0 Å². The van der Waals surface area contributed by atoms with Gasteiger partial charge >= 0.3 is 6.03 Å². The van der Waals surface area contributed by atoms with Crippen LogP contribution in [-0.2, 0) is 4.79 Å². The van der Waals surface area contributed by atoms with E-state index < -0.39 is 6.03 Å². The number of carbonyl (C=O) groups excluding carboxylic acids is 2. The Labute approximate surface area is 140 Å². The molecule has 3 aliphatic rings. The second-order valence-corrected chi connectivity index (χ2v) is 7.08. The summed E-state index contributed by atoms with van der Waals surface area (Å²) in [6, 6.07) is -0.546. The van der Waals surface area contributed by atoms with Gasteiger partial charge in [0.15, 0.2) is 5.82 Å². The van der Waals surface area contributed by atoms with Crippen molar-refractivity contribution in [2.24, 2.45) is 11.7 Å². The van der Waals surface area contributed by atoms with Gasteiger partial charge in [-0.2, -0.15) is 4.98 Å². The molecule has 130 valence electrons. The first kappa shape index (κ1) is 15.4. The number of likely N-dealkylation sites (tertiary alicyclic amines) is 2. The summed E-state index contributed by atoms with van der Waals surface area (Å²) in [5.74, 6) is 1.66. The van der Waals surface area contributed by atoms with E-state index in [1.807, 2.05) is 4.90 Å². The molecule has 0 bridgehead atoms. The lowest BCUT2D eigenvalue weighted by molar-refractivity contribution is -0.138. The summed E-state index contributed by atoms with van der Waals surface area (Å²) in [5, 5.41) is 4.12. The van der Waals surface area contributed by atoms with Crippen molar-refractivity contribution >= 4 is 11.9 Å². The van der Waals surface area contributed by atoms with E-state index in [1.54, 1.807) is 4.90 Å². The van der Waals surface area contributed by atoms with Crippen LogP contribution in [0.4, 0.5) is 4.79 Å². The molecule has 2 N–H and O–H groups in total. The average molecular weight is 333 g/mol. The summed E-state index contributed by atoms with van der Waals surface area (Å²) < 4.78 is 5.35. The van der Waals surface area contributed by atoms with Gasteiger partial charge in [0.25, 0.3) is 0 Å². The van der Waals surface area contributed by atoms with E-state index in [0.29, 0.717) is 37.3 Å². The molecule has 2 saturated heterocycles. The smallest absolute Gasteiger partial charge is 0.314 e. The number of primary amides is 1. The SMILES string of the molecule is NC(=O)N1CCC[C@H](C(=O)N2CCC[C@@H]2c2noc(C3CC3)n2)C1. The van der Waals surface area contributed by atoms with Crippen LogP contribution in [0.25, 0.3) is 0 Å². The fraction of sp³-hybridized carbons (Fsp3) is 0.750. The van der Waals surface area contributed by atoms with Gasteiger partial charge in [0.1, 0.15) is 0 Å². The minimum absolute atomic E-state index is 0.0845. The first-order valence-electron chi connectivity index (χ1n) is 8.82. The summed E-state index contributed by atoms with van der Waals surface area (Å²) in [4.78, 5) is 32.3. The fourth-order valence-electron chi connectivity index (χ4n) is 3.79. The summed E-state index contributed by atoms with van der Waals surface area (Å²) in [5.41, 5.74) is 5.37. The average Bonchev–Trinajstić information content (AvgIpc) is 3.12. The molecule has 0 unspecified atom stereocenters. The van der Waals surface area contributed by atoms with Crippen molar-refractivity contribution in [2.45, 2.75) is 50.5 Å². The van der Waals surface area contributed by atoms with Crippen molar-refractivity contribution in [3.63, 3.8) is 0 Å². The van der Waals surface area contributed by atoms with E-state index in [0.717, 1.165) is 38.5 Å². The van der Waals surface area contributed by atoms with E-state index >= 15 is 0 Å². The van der Waals surface area contributed by atoms with Gasteiger partial charge in [-0.15, -0.1) is 0 Å². The molecule has 2 aliphatic heterocycles. The van der Waals surface area contributed by atoms with Gasteiger partial charge in [-0.05, 0) is 38.5 Å². The van der Waals surface area contributed by atoms with Gasteiger partial charge in [0.05, 0.1) is 12.0 Å². The van der Waals surface area contributed by atoms with Crippen molar-refractivity contribution in [1.82, 2.24) is 19.9 Å². The number of piperidine rings is 1. The van der Waals surface area contributed by atoms with Crippen LogP contribution >= 0.6 is 0 Å². The summed E-state index contributed by atoms with van der Waals surface area (Å²) in [6.07, 6.45) is 5.63. The molecule has 3 heterocycles. The van der Waals surface area contributed by atoms with E-state index in [9.17, 15) is 9.59 Å². The number of aromatic nitrogens is 2. The van der Waals surface area contributed by atoms with Crippen LogP contribution in [0.15, 0.2) is 4.52 Å². The van der Waals surface area contributed by atoms with Crippen LogP contribution in [0.1, 0.15) is 62.2 Å². The Bertz CT molecular complexity index is 641. The van der Waals surface area contributed by atoms with Gasteiger partial charge in [-0.3, -0.25) is 4.79 Å². The number of hydrogen-bond acceptors (Lipinski definition) is 5.